The molecular formula is C18H24FN3O2. The van der Waals surface area contributed by atoms with Gasteiger partial charge >= 0.3 is 0 Å². The van der Waals surface area contributed by atoms with Crippen LogP contribution in [0.15, 0.2) is 18.2 Å². The molecule has 1 aliphatic heterocycles. The molecule has 3 rings (SSSR count). The van der Waals surface area contributed by atoms with Crippen LogP contribution in [0.25, 0.3) is 0 Å². The maximum absolute atomic E-state index is 13.3. The molecule has 0 unspecified atom stereocenters. The minimum Gasteiger partial charge on any atom is -0.340 e. The number of hydrogen-bond donors (Lipinski definition) is 1. The lowest BCUT2D eigenvalue weighted by Gasteiger charge is -2.37. The molecule has 1 saturated heterocycles. The van der Waals surface area contributed by atoms with Crippen molar-refractivity contribution >= 4 is 17.5 Å². The minimum atomic E-state index is -0.365. The molecule has 1 aromatic rings. The van der Waals surface area contributed by atoms with Crippen LogP contribution in [-0.4, -0.2) is 53.8 Å². The molecule has 0 spiro atoms. The number of amides is 2. The Balaban J connectivity index is 1.54. The lowest BCUT2D eigenvalue weighted by molar-refractivity contribution is -0.135. The molecule has 0 aromatic heterocycles. The molecule has 1 aromatic carbocycles. The molecule has 5 nitrogen and oxygen atoms in total. The Kier molecular flexibility index (Phi) is 4.85. The molecule has 0 radical (unpaired) electrons. The van der Waals surface area contributed by atoms with Crippen LogP contribution in [0, 0.1) is 18.7 Å². The number of carbonyl (C=O) groups is 2. The zero-order valence-electron chi connectivity index (χ0n) is 14.2. The zero-order chi connectivity index (χ0) is 17.3. The Bertz CT molecular complexity index is 637. The first-order chi connectivity index (χ1) is 11.5. The van der Waals surface area contributed by atoms with Crippen molar-refractivity contribution in [2.24, 2.45) is 5.92 Å². The van der Waals surface area contributed by atoms with E-state index in [1.165, 1.54) is 12.1 Å². The van der Waals surface area contributed by atoms with Gasteiger partial charge in [0.1, 0.15) is 5.82 Å². The predicted molar refractivity (Wildman–Crippen MR) is 90.1 cm³/mol. The summed E-state index contributed by atoms with van der Waals surface area (Å²) < 4.78 is 13.3. The number of rotatable bonds is 4. The number of nitrogens with zero attached hydrogens (tertiary/aromatic N) is 2. The van der Waals surface area contributed by atoms with Crippen molar-refractivity contribution in [3.8, 4) is 0 Å². The van der Waals surface area contributed by atoms with Gasteiger partial charge in [0.25, 0.3) is 0 Å². The molecule has 0 bridgehead atoms. The Morgan fingerprint density at radius 1 is 1.21 bits per heavy atom. The summed E-state index contributed by atoms with van der Waals surface area (Å²) in [6, 6.07) is 4.06. The van der Waals surface area contributed by atoms with Crippen molar-refractivity contribution in [3.05, 3.63) is 29.6 Å². The van der Waals surface area contributed by atoms with E-state index in [4.69, 9.17) is 0 Å². The van der Waals surface area contributed by atoms with Crippen LogP contribution in [0.4, 0.5) is 10.1 Å². The Labute approximate surface area is 141 Å². The highest BCUT2D eigenvalue weighted by Gasteiger charge is 2.35. The molecule has 2 aliphatic rings. The third kappa shape index (κ3) is 3.75. The molecule has 6 heteroatoms. The van der Waals surface area contributed by atoms with Crippen molar-refractivity contribution in [2.45, 2.75) is 32.7 Å². The fourth-order valence-corrected chi connectivity index (χ4v) is 3.05. The van der Waals surface area contributed by atoms with Gasteiger partial charge in [-0.3, -0.25) is 14.5 Å². The van der Waals surface area contributed by atoms with Gasteiger partial charge in [0, 0.05) is 37.8 Å². The van der Waals surface area contributed by atoms with E-state index in [2.05, 4.69) is 10.2 Å². The van der Waals surface area contributed by atoms with E-state index < -0.39 is 0 Å². The van der Waals surface area contributed by atoms with Crippen molar-refractivity contribution in [2.75, 3.05) is 31.5 Å². The first kappa shape index (κ1) is 16.9. The summed E-state index contributed by atoms with van der Waals surface area (Å²) in [5, 5.41) is 2.81. The predicted octanol–water partition coefficient (Wildman–Crippen LogP) is 2.02. The molecule has 1 aliphatic carbocycles. The average Bonchev–Trinajstić information content (AvgIpc) is 3.42. The number of nitrogens with one attached hydrogen (secondary N) is 1. The molecule has 1 saturated carbocycles. The quantitative estimate of drug-likeness (QED) is 0.917. The highest BCUT2D eigenvalue weighted by atomic mass is 19.1. The number of piperazine rings is 1. The van der Waals surface area contributed by atoms with Gasteiger partial charge in [-0.25, -0.2) is 4.39 Å². The van der Waals surface area contributed by atoms with Gasteiger partial charge in [-0.1, -0.05) is 6.07 Å². The molecule has 2 amide bonds. The van der Waals surface area contributed by atoms with Gasteiger partial charge < -0.3 is 10.2 Å². The number of aryl methyl sites for hydroxylation is 1. The highest BCUT2D eigenvalue weighted by Crippen LogP contribution is 2.31. The largest absolute Gasteiger partial charge is 0.340 e. The molecule has 1 atom stereocenters. The summed E-state index contributed by atoms with van der Waals surface area (Å²) in [7, 11) is 0. The van der Waals surface area contributed by atoms with Crippen LogP contribution < -0.4 is 5.32 Å². The number of halogens is 1. The van der Waals surface area contributed by atoms with Gasteiger partial charge in [0.2, 0.25) is 11.8 Å². The highest BCUT2D eigenvalue weighted by molar-refractivity contribution is 5.95. The van der Waals surface area contributed by atoms with Gasteiger partial charge in [0.15, 0.2) is 0 Å². The van der Waals surface area contributed by atoms with Gasteiger partial charge in [-0.15, -0.1) is 0 Å². The summed E-state index contributed by atoms with van der Waals surface area (Å²) in [6.45, 7) is 6.41. The van der Waals surface area contributed by atoms with Crippen molar-refractivity contribution in [1.82, 2.24) is 9.80 Å². The number of carbonyl (C=O) groups excluding carboxylic acids is 2. The van der Waals surface area contributed by atoms with E-state index in [-0.39, 0.29) is 29.6 Å². The van der Waals surface area contributed by atoms with E-state index in [1.54, 1.807) is 6.07 Å². The molecule has 2 fully saturated rings. The maximum Gasteiger partial charge on any atom is 0.241 e. The topological polar surface area (TPSA) is 52.7 Å². The van der Waals surface area contributed by atoms with E-state index in [9.17, 15) is 14.0 Å². The molecule has 1 heterocycles. The zero-order valence-corrected chi connectivity index (χ0v) is 14.2. The van der Waals surface area contributed by atoms with E-state index in [0.717, 1.165) is 18.4 Å². The van der Waals surface area contributed by atoms with E-state index in [1.807, 2.05) is 18.7 Å². The van der Waals surface area contributed by atoms with Gasteiger partial charge in [-0.2, -0.15) is 0 Å². The van der Waals surface area contributed by atoms with E-state index >= 15 is 0 Å². The first-order valence-electron chi connectivity index (χ1n) is 8.55. The normalized spacial score (nSPS) is 19.9. The second-order valence-electron chi connectivity index (χ2n) is 6.76. The average molecular weight is 333 g/mol. The van der Waals surface area contributed by atoms with Crippen molar-refractivity contribution < 1.29 is 14.0 Å². The van der Waals surface area contributed by atoms with Crippen LogP contribution in [0.1, 0.15) is 25.3 Å². The number of hydrogen-bond acceptors (Lipinski definition) is 3. The molecule has 130 valence electrons. The van der Waals surface area contributed by atoms with Crippen LogP contribution in [0.2, 0.25) is 0 Å². The second-order valence-corrected chi connectivity index (χ2v) is 6.76. The number of anilines is 1. The fourth-order valence-electron chi connectivity index (χ4n) is 3.05. The minimum absolute atomic E-state index is 0.148. The monoisotopic (exact) mass is 333 g/mol. The maximum atomic E-state index is 13.3. The Morgan fingerprint density at radius 3 is 2.50 bits per heavy atom. The van der Waals surface area contributed by atoms with Gasteiger partial charge in [-0.05, 0) is 44.4 Å². The van der Waals surface area contributed by atoms with Crippen LogP contribution in [-0.2, 0) is 9.59 Å². The van der Waals surface area contributed by atoms with Crippen molar-refractivity contribution in [1.29, 1.82) is 0 Å². The van der Waals surface area contributed by atoms with Gasteiger partial charge in [0.05, 0.1) is 6.04 Å². The van der Waals surface area contributed by atoms with E-state index in [0.29, 0.717) is 31.9 Å². The summed E-state index contributed by atoms with van der Waals surface area (Å²) in [4.78, 5) is 28.5. The van der Waals surface area contributed by atoms with Crippen LogP contribution >= 0.6 is 0 Å². The Hall–Kier alpha value is -1.95. The summed E-state index contributed by atoms with van der Waals surface area (Å²) in [6.07, 6.45) is 2.04. The molecule has 1 N–H and O–H groups in total. The van der Waals surface area contributed by atoms with Crippen LogP contribution in [0.5, 0.6) is 0 Å². The molecule has 24 heavy (non-hydrogen) atoms. The summed E-state index contributed by atoms with van der Waals surface area (Å²) in [5.41, 5.74) is 1.34. The summed E-state index contributed by atoms with van der Waals surface area (Å²) >= 11 is 0. The smallest absolute Gasteiger partial charge is 0.241 e. The van der Waals surface area contributed by atoms with Crippen LogP contribution in [0.3, 0.4) is 0 Å². The fraction of sp³-hybridized carbons (Fsp3) is 0.556. The lowest BCUT2D eigenvalue weighted by Crippen LogP contribution is -2.54. The first-order valence-corrected chi connectivity index (χ1v) is 8.55. The number of benzene rings is 1. The van der Waals surface area contributed by atoms with Crippen molar-refractivity contribution in [3.63, 3.8) is 0 Å². The second kappa shape index (κ2) is 6.89. The Morgan fingerprint density at radius 2 is 1.88 bits per heavy atom. The lowest BCUT2D eigenvalue weighted by atomic mass is 10.1. The summed E-state index contributed by atoms with van der Waals surface area (Å²) in [5.74, 6) is -0.00297. The molecular weight excluding hydrogens is 309 g/mol. The SMILES string of the molecule is Cc1ccc(F)cc1NC(=O)[C@H](C)N1CCN(C(=O)C2CC2)CC1. The third-order valence-electron chi connectivity index (χ3n) is 4.94. The standard InChI is InChI=1S/C18H24FN3O2/c1-12-3-6-15(19)11-16(12)20-17(23)13(2)21-7-9-22(10-8-21)18(24)14-4-5-14/h3,6,11,13-14H,4-5,7-10H2,1-2H3,(H,20,23)/t13-/m0/s1. The third-order valence-corrected chi connectivity index (χ3v) is 4.94.